The number of carboxylic acids is 1. The molecule has 110 valence electrons. The SMILES string of the molecule is CCC1(CC)CCN(C(=O)C(N)CCC(=O)O)CC1. The fourth-order valence-electron chi connectivity index (χ4n) is 2.80. The van der Waals surface area contributed by atoms with Gasteiger partial charge in [0.25, 0.3) is 0 Å². The molecule has 0 aromatic rings. The predicted molar refractivity (Wildman–Crippen MR) is 73.7 cm³/mol. The molecule has 1 amide bonds. The number of hydrogen-bond acceptors (Lipinski definition) is 3. The number of carbonyl (C=O) groups excluding carboxylic acids is 1. The Kier molecular flexibility index (Phi) is 5.79. The molecule has 3 N–H and O–H groups in total. The van der Waals surface area contributed by atoms with E-state index in [0.29, 0.717) is 5.41 Å². The Balaban J connectivity index is 2.46. The zero-order valence-corrected chi connectivity index (χ0v) is 12.0. The van der Waals surface area contributed by atoms with E-state index in [-0.39, 0.29) is 18.7 Å². The standard InChI is InChI=1S/C14H26N2O3/c1-3-14(4-2)7-9-16(10-8-14)13(19)11(15)5-6-12(17)18/h11H,3-10,15H2,1-2H3,(H,17,18). The normalized spacial score (nSPS) is 20.1. The number of aliphatic carboxylic acids is 1. The lowest BCUT2D eigenvalue weighted by atomic mass is 9.74. The van der Waals surface area contributed by atoms with Gasteiger partial charge in [-0.3, -0.25) is 9.59 Å². The van der Waals surface area contributed by atoms with E-state index in [0.717, 1.165) is 38.8 Å². The first-order chi connectivity index (χ1) is 8.94. The maximum atomic E-state index is 12.1. The Morgan fingerprint density at radius 3 is 2.21 bits per heavy atom. The van der Waals surface area contributed by atoms with Crippen molar-refractivity contribution >= 4 is 11.9 Å². The second-order valence-corrected chi connectivity index (χ2v) is 5.57. The van der Waals surface area contributed by atoms with Crippen LogP contribution < -0.4 is 5.73 Å². The summed E-state index contributed by atoms with van der Waals surface area (Å²) in [5, 5.41) is 8.61. The van der Waals surface area contributed by atoms with Gasteiger partial charge in [0.05, 0.1) is 6.04 Å². The summed E-state index contributed by atoms with van der Waals surface area (Å²) in [6.45, 7) is 5.92. The third-order valence-corrected chi connectivity index (χ3v) is 4.62. The van der Waals surface area contributed by atoms with Gasteiger partial charge in [-0.2, -0.15) is 0 Å². The van der Waals surface area contributed by atoms with E-state index in [1.807, 2.05) is 0 Å². The fourth-order valence-corrected chi connectivity index (χ4v) is 2.80. The molecule has 1 aliphatic rings. The van der Waals surface area contributed by atoms with Crippen molar-refractivity contribution in [3.05, 3.63) is 0 Å². The highest BCUT2D eigenvalue weighted by atomic mass is 16.4. The summed E-state index contributed by atoms with van der Waals surface area (Å²) >= 11 is 0. The van der Waals surface area contributed by atoms with Crippen LogP contribution in [0, 0.1) is 5.41 Å². The lowest BCUT2D eigenvalue weighted by Gasteiger charge is -2.41. The van der Waals surface area contributed by atoms with Crippen LogP contribution in [-0.2, 0) is 9.59 Å². The van der Waals surface area contributed by atoms with Crippen molar-refractivity contribution in [1.29, 1.82) is 0 Å². The highest BCUT2D eigenvalue weighted by Crippen LogP contribution is 2.37. The minimum Gasteiger partial charge on any atom is -0.481 e. The van der Waals surface area contributed by atoms with Crippen molar-refractivity contribution in [2.24, 2.45) is 11.1 Å². The molecule has 1 saturated heterocycles. The van der Waals surface area contributed by atoms with Crippen molar-refractivity contribution in [1.82, 2.24) is 4.90 Å². The third kappa shape index (κ3) is 4.20. The second-order valence-electron chi connectivity index (χ2n) is 5.57. The Morgan fingerprint density at radius 2 is 1.79 bits per heavy atom. The van der Waals surface area contributed by atoms with Gasteiger partial charge in [-0.15, -0.1) is 0 Å². The van der Waals surface area contributed by atoms with Crippen LogP contribution in [0.25, 0.3) is 0 Å². The Hall–Kier alpha value is -1.10. The second kappa shape index (κ2) is 6.89. The minimum atomic E-state index is -0.905. The first-order valence-electron chi connectivity index (χ1n) is 7.20. The van der Waals surface area contributed by atoms with E-state index in [9.17, 15) is 9.59 Å². The van der Waals surface area contributed by atoms with Crippen LogP contribution in [0.3, 0.4) is 0 Å². The van der Waals surface area contributed by atoms with E-state index in [1.54, 1.807) is 4.90 Å². The van der Waals surface area contributed by atoms with Crippen molar-refractivity contribution < 1.29 is 14.7 Å². The number of piperidine rings is 1. The summed E-state index contributed by atoms with van der Waals surface area (Å²) in [5.74, 6) is -1.00. The lowest BCUT2D eigenvalue weighted by Crippen LogP contribution is -2.49. The minimum absolute atomic E-state index is 0.0470. The summed E-state index contributed by atoms with van der Waals surface area (Å²) in [6, 6.07) is -0.674. The zero-order valence-electron chi connectivity index (χ0n) is 12.0. The summed E-state index contributed by atoms with van der Waals surface area (Å²) in [5.41, 5.74) is 6.15. The van der Waals surface area contributed by atoms with Crippen LogP contribution >= 0.6 is 0 Å². The summed E-state index contributed by atoms with van der Waals surface area (Å²) in [6.07, 6.45) is 4.52. The fraction of sp³-hybridized carbons (Fsp3) is 0.857. The van der Waals surface area contributed by atoms with E-state index in [2.05, 4.69) is 13.8 Å². The molecule has 0 aliphatic carbocycles. The molecule has 19 heavy (non-hydrogen) atoms. The molecular formula is C14H26N2O3. The predicted octanol–water partition coefficient (Wildman–Crippen LogP) is 1.61. The first-order valence-corrected chi connectivity index (χ1v) is 7.20. The van der Waals surface area contributed by atoms with Crippen molar-refractivity contribution in [2.45, 2.75) is 58.4 Å². The molecule has 0 saturated carbocycles. The number of nitrogens with two attached hydrogens (primary N) is 1. The average Bonchev–Trinajstić information content (AvgIpc) is 2.44. The molecule has 0 aromatic carbocycles. The van der Waals surface area contributed by atoms with E-state index in [4.69, 9.17) is 10.8 Å². The number of hydrogen-bond donors (Lipinski definition) is 2. The van der Waals surface area contributed by atoms with E-state index in [1.165, 1.54) is 0 Å². The van der Waals surface area contributed by atoms with Gasteiger partial charge < -0.3 is 15.7 Å². The maximum absolute atomic E-state index is 12.1. The molecule has 1 rings (SSSR count). The average molecular weight is 270 g/mol. The number of likely N-dealkylation sites (tertiary alicyclic amines) is 1. The molecule has 0 aromatic heterocycles. The molecule has 0 radical (unpaired) electrons. The molecule has 5 nitrogen and oxygen atoms in total. The maximum Gasteiger partial charge on any atom is 0.303 e. The molecule has 0 bridgehead atoms. The van der Waals surface area contributed by atoms with E-state index >= 15 is 0 Å². The highest BCUT2D eigenvalue weighted by Gasteiger charge is 2.34. The van der Waals surface area contributed by atoms with E-state index < -0.39 is 12.0 Å². The van der Waals surface area contributed by atoms with Crippen LogP contribution in [0.15, 0.2) is 0 Å². The summed E-state index contributed by atoms with van der Waals surface area (Å²) < 4.78 is 0. The van der Waals surface area contributed by atoms with Crippen LogP contribution in [0.4, 0.5) is 0 Å². The Labute approximate surface area is 115 Å². The first kappa shape index (κ1) is 16.0. The van der Waals surface area contributed by atoms with Gasteiger partial charge in [0.15, 0.2) is 0 Å². The molecule has 5 heteroatoms. The van der Waals surface area contributed by atoms with Gasteiger partial charge in [0.1, 0.15) is 0 Å². The quantitative estimate of drug-likeness (QED) is 0.768. The molecule has 1 fully saturated rings. The third-order valence-electron chi connectivity index (χ3n) is 4.62. The summed E-state index contributed by atoms with van der Waals surface area (Å²) in [4.78, 5) is 24.4. The van der Waals surface area contributed by atoms with Crippen molar-refractivity contribution in [2.75, 3.05) is 13.1 Å². The van der Waals surface area contributed by atoms with Gasteiger partial charge in [0.2, 0.25) is 5.91 Å². The van der Waals surface area contributed by atoms with Crippen molar-refractivity contribution in [3.8, 4) is 0 Å². The number of nitrogens with zero attached hydrogens (tertiary/aromatic N) is 1. The Bertz CT molecular complexity index is 317. The molecule has 0 spiro atoms. The van der Waals surface area contributed by atoms with Crippen molar-refractivity contribution in [3.63, 3.8) is 0 Å². The highest BCUT2D eigenvalue weighted by molar-refractivity contribution is 5.82. The largest absolute Gasteiger partial charge is 0.481 e. The molecule has 1 heterocycles. The number of amides is 1. The van der Waals surface area contributed by atoms with Gasteiger partial charge in [-0.1, -0.05) is 26.7 Å². The Morgan fingerprint density at radius 1 is 1.26 bits per heavy atom. The molecular weight excluding hydrogens is 244 g/mol. The van der Waals surface area contributed by atoms with Crippen LogP contribution in [0.5, 0.6) is 0 Å². The zero-order chi connectivity index (χ0) is 14.5. The van der Waals surface area contributed by atoms with Crippen LogP contribution in [0.2, 0.25) is 0 Å². The topological polar surface area (TPSA) is 83.6 Å². The number of carboxylic acid groups (broad SMARTS) is 1. The lowest BCUT2D eigenvalue weighted by molar-refractivity contribution is -0.138. The van der Waals surface area contributed by atoms with Crippen LogP contribution in [0.1, 0.15) is 52.4 Å². The molecule has 1 unspecified atom stereocenters. The number of carbonyl (C=O) groups is 2. The number of rotatable bonds is 6. The van der Waals surface area contributed by atoms with Gasteiger partial charge in [-0.25, -0.2) is 0 Å². The smallest absolute Gasteiger partial charge is 0.303 e. The summed E-state index contributed by atoms with van der Waals surface area (Å²) in [7, 11) is 0. The van der Waals surface area contributed by atoms with Gasteiger partial charge in [-0.05, 0) is 24.7 Å². The van der Waals surface area contributed by atoms with Crippen LogP contribution in [-0.4, -0.2) is 41.0 Å². The monoisotopic (exact) mass is 270 g/mol. The molecule has 1 aliphatic heterocycles. The molecule has 1 atom stereocenters. The van der Waals surface area contributed by atoms with Gasteiger partial charge >= 0.3 is 5.97 Å². The van der Waals surface area contributed by atoms with Gasteiger partial charge in [0, 0.05) is 19.5 Å².